The molecular formula is C17H29NO. The Bertz CT molecular complexity index is 374. The Morgan fingerprint density at radius 2 is 1.84 bits per heavy atom. The van der Waals surface area contributed by atoms with Crippen LogP contribution in [-0.4, -0.2) is 19.8 Å². The van der Waals surface area contributed by atoms with Gasteiger partial charge in [-0.3, -0.25) is 0 Å². The quantitative estimate of drug-likeness (QED) is 0.715. The van der Waals surface area contributed by atoms with Crippen LogP contribution >= 0.6 is 0 Å². The summed E-state index contributed by atoms with van der Waals surface area (Å²) in [5, 5.41) is 3.53. The average molecular weight is 263 g/mol. The fraction of sp³-hybridized carbons (Fsp3) is 0.647. The number of benzene rings is 1. The van der Waals surface area contributed by atoms with Crippen LogP contribution in [0.5, 0.6) is 0 Å². The van der Waals surface area contributed by atoms with Crippen LogP contribution in [0.2, 0.25) is 0 Å². The third-order valence-corrected chi connectivity index (χ3v) is 3.44. The maximum Gasteiger partial charge on any atom is 0.0591 e. The van der Waals surface area contributed by atoms with E-state index in [1.54, 1.807) is 0 Å². The van der Waals surface area contributed by atoms with Crippen molar-refractivity contribution >= 4 is 0 Å². The van der Waals surface area contributed by atoms with Crippen molar-refractivity contribution in [1.29, 1.82) is 0 Å². The molecule has 0 fully saturated rings. The molecule has 0 aliphatic rings. The van der Waals surface area contributed by atoms with Crippen molar-refractivity contribution in [2.24, 2.45) is 5.92 Å². The zero-order chi connectivity index (χ0) is 14.3. The Balaban J connectivity index is 2.27. The number of ether oxygens (including phenoxy) is 1. The van der Waals surface area contributed by atoms with Gasteiger partial charge in [0.25, 0.3) is 0 Å². The van der Waals surface area contributed by atoms with Gasteiger partial charge in [-0.1, -0.05) is 37.6 Å². The Hall–Kier alpha value is -0.860. The number of nitrogens with one attached hydrogen (secondary N) is 1. The molecule has 1 rings (SSSR count). The predicted octanol–water partition coefficient (Wildman–Crippen LogP) is 4.02. The number of rotatable bonds is 8. The molecule has 1 aromatic rings. The molecule has 0 aliphatic heterocycles. The second kappa shape index (κ2) is 8.34. The molecule has 0 amide bonds. The minimum absolute atomic E-state index is 0.383. The van der Waals surface area contributed by atoms with Crippen molar-refractivity contribution in [3.8, 4) is 0 Å². The van der Waals surface area contributed by atoms with E-state index in [0.717, 1.165) is 32.1 Å². The molecule has 0 radical (unpaired) electrons. The highest BCUT2D eigenvalue weighted by molar-refractivity contribution is 5.32. The fourth-order valence-corrected chi connectivity index (χ4v) is 2.11. The van der Waals surface area contributed by atoms with Gasteiger partial charge in [-0.15, -0.1) is 0 Å². The predicted molar refractivity (Wildman–Crippen MR) is 82.6 cm³/mol. The van der Waals surface area contributed by atoms with Gasteiger partial charge in [0.15, 0.2) is 0 Å². The van der Waals surface area contributed by atoms with E-state index < -0.39 is 0 Å². The SMILES string of the molecule is Cc1ccc(C)c(C(C)NCCOCCC(C)C)c1. The van der Waals surface area contributed by atoms with Crippen LogP contribution in [0, 0.1) is 19.8 Å². The van der Waals surface area contributed by atoms with Crippen molar-refractivity contribution in [2.75, 3.05) is 19.8 Å². The molecule has 0 aliphatic carbocycles. The van der Waals surface area contributed by atoms with Crippen LogP contribution in [0.1, 0.15) is 49.9 Å². The smallest absolute Gasteiger partial charge is 0.0591 e. The van der Waals surface area contributed by atoms with Crippen LogP contribution in [0.4, 0.5) is 0 Å². The third-order valence-electron chi connectivity index (χ3n) is 3.44. The van der Waals surface area contributed by atoms with Gasteiger partial charge < -0.3 is 10.1 Å². The van der Waals surface area contributed by atoms with Gasteiger partial charge >= 0.3 is 0 Å². The second-order valence-electron chi connectivity index (χ2n) is 5.83. The molecule has 0 aromatic heterocycles. The molecule has 0 bridgehead atoms. The van der Waals surface area contributed by atoms with Crippen molar-refractivity contribution in [3.05, 3.63) is 34.9 Å². The van der Waals surface area contributed by atoms with Crippen molar-refractivity contribution in [3.63, 3.8) is 0 Å². The lowest BCUT2D eigenvalue weighted by Gasteiger charge is -2.17. The van der Waals surface area contributed by atoms with Gasteiger partial charge in [0.1, 0.15) is 0 Å². The summed E-state index contributed by atoms with van der Waals surface area (Å²) in [5.74, 6) is 0.724. The standard InChI is InChI=1S/C17H29NO/c1-13(2)8-10-19-11-9-18-16(5)17-12-14(3)6-7-15(17)4/h6-7,12-13,16,18H,8-11H2,1-5H3. The first-order chi connectivity index (χ1) is 9.00. The molecule has 2 nitrogen and oxygen atoms in total. The van der Waals surface area contributed by atoms with Gasteiger partial charge in [-0.05, 0) is 44.2 Å². The van der Waals surface area contributed by atoms with Crippen molar-refractivity contribution in [2.45, 2.75) is 47.1 Å². The largest absolute Gasteiger partial charge is 0.380 e. The van der Waals surface area contributed by atoms with Crippen LogP contribution in [0.25, 0.3) is 0 Å². The molecule has 0 spiro atoms. The lowest BCUT2D eigenvalue weighted by Crippen LogP contribution is -2.24. The van der Waals surface area contributed by atoms with E-state index in [1.165, 1.54) is 16.7 Å². The number of aryl methyl sites for hydroxylation is 2. The minimum Gasteiger partial charge on any atom is -0.380 e. The summed E-state index contributed by atoms with van der Waals surface area (Å²) in [6.07, 6.45) is 1.15. The van der Waals surface area contributed by atoms with Gasteiger partial charge in [0.2, 0.25) is 0 Å². The van der Waals surface area contributed by atoms with E-state index in [1.807, 2.05) is 0 Å². The van der Waals surface area contributed by atoms with Gasteiger partial charge in [0.05, 0.1) is 6.61 Å². The summed E-state index contributed by atoms with van der Waals surface area (Å²) in [6, 6.07) is 7.02. The second-order valence-corrected chi connectivity index (χ2v) is 5.83. The molecule has 1 aromatic carbocycles. The first-order valence-corrected chi connectivity index (χ1v) is 7.39. The molecule has 1 atom stereocenters. The molecule has 2 heteroatoms. The molecular weight excluding hydrogens is 234 g/mol. The first-order valence-electron chi connectivity index (χ1n) is 7.39. The van der Waals surface area contributed by atoms with Crippen LogP contribution in [0.3, 0.4) is 0 Å². The van der Waals surface area contributed by atoms with E-state index in [4.69, 9.17) is 4.74 Å². The maximum atomic E-state index is 5.62. The molecule has 0 saturated carbocycles. The molecule has 1 unspecified atom stereocenters. The highest BCUT2D eigenvalue weighted by atomic mass is 16.5. The molecule has 19 heavy (non-hydrogen) atoms. The Kier molecular flexibility index (Phi) is 7.11. The van der Waals surface area contributed by atoms with E-state index in [-0.39, 0.29) is 0 Å². The van der Waals surface area contributed by atoms with E-state index in [0.29, 0.717) is 6.04 Å². The number of hydrogen-bond acceptors (Lipinski definition) is 2. The molecule has 108 valence electrons. The molecule has 1 N–H and O–H groups in total. The highest BCUT2D eigenvalue weighted by Crippen LogP contribution is 2.18. The Morgan fingerprint density at radius 3 is 2.53 bits per heavy atom. The summed E-state index contributed by atoms with van der Waals surface area (Å²) in [4.78, 5) is 0. The van der Waals surface area contributed by atoms with Gasteiger partial charge in [-0.2, -0.15) is 0 Å². The number of hydrogen-bond donors (Lipinski definition) is 1. The normalized spacial score (nSPS) is 12.9. The van der Waals surface area contributed by atoms with E-state index >= 15 is 0 Å². The Morgan fingerprint density at radius 1 is 1.11 bits per heavy atom. The van der Waals surface area contributed by atoms with Crippen molar-refractivity contribution in [1.82, 2.24) is 5.32 Å². The lowest BCUT2D eigenvalue weighted by atomic mass is 10.00. The van der Waals surface area contributed by atoms with Gasteiger partial charge in [0, 0.05) is 19.2 Å². The van der Waals surface area contributed by atoms with E-state index in [9.17, 15) is 0 Å². The topological polar surface area (TPSA) is 21.3 Å². The highest BCUT2D eigenvalue weighted by Gasteiger charge is 2.07. The zero-order valence-electron chi connectivity index (χ0n) is 13.1. The maximum absolute atomic E-state index is 5.62. The lowest BCUT2D eigenvalue weighted by molar-refractivity contribution is 0.123. The third kappa shape index (κ3) is 6.22. The van der Waals surface area contributed by atoms with Crippen LogP contribution < -0.4 is 5.32 Å². The van der Waals surface area contributed by atoms with Crippen molar-refractivity contribution < 1.29 is 4.74 Å². The summed E-state index contributed by atoms with van der Waals surface area (Å²) in [5.41, 5.74) is 4.07. The van der Waals surface area contributed by atoms with E-state index in [2.05, 4.69) is 58.1 Å². The van der Waals surface area contributed by atoms with Crippen LogP contribution in [-0.2, 0) is 4.74 Å². The summed E-state index contributed by atoms with van der Waals surface area (Å²) in [7, 11) is 0. The summed E-state index contributed by atoms with van der Waals surface area (Å²) < 4.78 is 5.62. The minimum atomic E-state index is 0.383. The molecule has 0 heterocycles. The summed E-state index contributed by atoms with van der Waals surface area (Å²) >= 11 is 0. The monoisotopic (exact) mass is 263 g/mol. The zero-order valence-corrected chi connectivity index (χ0v) is 13.1. The fourth-order valence-electron chi connectivity index (χ4n) is 2.11. The van der Waals surface area contributed by atoms with Crippen LogP contribution in [0.15, 0.2) is 18.2 Å². The summed E-state index contributed by atoms with van der Waals surface area (Å²) in [6.45, 7) is 13.6. The molecule has 0 saturated heterocycles. The average Bonchev–Trinajstić information content (AvgIpc) is 2.36. The first kappa shape index (κ1) is 16.2. The Labute approximate surface area is 118 Å². The van der Waals surface area contributed by atoms with Gasteiger partial charge in [-0.25, -0.2) is 0 Å².